The van der Waals surface area contributed by atoms with Gasteiger partial charge in [-0.05, 0) is 36.8 Å². The molecule has 3 aromatic carbocycles. The fourth-order valence-electron chi connectivity index (χ4n) is 2.87. The van der Waals surface area contributed by atoms with E-state index in [0.717, 1.165) is 16.9 Å². The number of anilines is 2. The van der Waals surface area contributed by atoms with Crippen LogP contribution in [0.2, 0.25) is 0 Å². The second kappa shape index (κ2) is 9.99. The average molecular weight is 385 g/mol. The Kier molecular flexibility index (Phi) is 6.90. The van der Waals surface area contributed by atoms with Crippen LogP contribution < -0.4 is 10.3 Å². The Morgan fingerprint density at radius 3 is 1.76 bits per heavy atom. The first kappa shape index (κ1) is 20.0. The number of nitrogens with zero attached hydrogens (tertiary/aromatic N) is 2. The minimum absolute atomic E-state index is 0.0561. The van der Waals surface area contributed by atoms with E-state index in [0.29, 0.717) is 5.71 Å². The molecule has 0 heterocycles. The van der Waals surface area contributed by atoms with Gasteiger partial charge in [0.05, 0.1) is 5.71 Å². The van der Waals surface area contributed by atoms with Crippen molar-refractivity contribution in [2.75, 3.05) is 4.90 Å². The van der Waals surface area contributed by atoms with Crippen molar-refractivity contribution in [3.63, 3.8) is 0 Å². The van der Waals surface area contributed by atoms with Crippen LogP contribution in [0.25, 0.3) is 0 Å². The Hall–Kier alpha value is -3.73. The van der Waals surface area contributed by atoms with Crippen molar-refractivity contribution in [1.82, 2.24) is 5.43 Å². The van der Waals surface area contributed by atoms with Crippen molar-refractivity contribution in [1.29, 1.82) is 0 Å². The highest BCUT2D eigenvalue weighted by atomic mass is 16.2. The van der Waals surface area contributed by atoms with Crippen LogP contribution in [0.4, 0.5) is 11.4 Å². The van der Waals surface area contributed by atoms with E-state index in [4.69, 9.17) is 0 Å². The zero-order chi connectivity index (χ0) is 20.5. The number of carbonyl (C=O) groups is 2. The quantitative estimate of drug-likeness (QED) is 0.474. The second-order valence-electron chi connectivity index (χ2n) is 6.50. The molecule has 5 heteroatoms. The van der Waals surface area contributed by atoms with Crippen LogP contribution in [0.15, 0.2) is 96.1 Å². The lowest BCUT2D eigenvalue weighted by Crippen LogP contribution is -2.28. The zero-order valence-electron chi connectivity index (χ0n) is 16.3. The number of rotatable bonds is 7. The van der Waals surface area contributed by atoms with Gasteiger partial charge in [0.2, 0.25) is 11.8 Å². The second-order valence-corrected chi connectivity index (χ2v) is 6.50. The Morgan fingerprint density at radius 2 is 1.24 bits per heavy atom. The van der Waals surface area contributed by atoms with Crippen LogP contribution >= 0.6 is 0 Å². The molecule has 0 saturated carbocycles. The van der Waals surface area contributed by atoms with Gasteiger partial charge in [-0.25, -0.2) is 5.43 Å². The summed E-state index contributed by atoms with van der Waals surface area (Å²) >= 11 is 0. The summed E-state index contributed by atoms with van der Waals surface area (Å²) in [6, 6.07) is 28.4. The summed E-state index contributed by atoms with van der Waals surface area (Å²) < 4.78 is 0. The van der Waals surface area contributed by atoms with Gasteiger partial charge < -0.3 is 0 Å². The standard InChI is InChI=1S/C24H23N3O2/c1-19(20-11-5-2-6-12-20)25-26-23(28)17-18-24(29)27(21-13-7-3-8-14-21)22-15-9-4-10-16-22/h2-16H,17-18H2,1H3,(H,26,28)/b25-19-. The SMILES string of the molecule is C/C(=N/NC(=O)CCC(=O)N(c1ccccc1)c1ccccc1)c1ccccc1. The third-order valence-corrected chi connectivity index (χ3v) is 4.38. The first-order valence-corrected chi connectivity index (χ1v) is 9.47. The lowest BCUT2D eigenvalue weighted by molar-refractivity contribution is -0.124. The molecular weight excluding hydrogens is 362 g/mol. The summed E-state index contributed by atoms with van der Waals surface area (Å²) in [4.78, 5) is 26.7. The molecule has 29 heavy (non-hydrogen) atoms. The molecule has 146 valence electrons. The van der Waals surface area contributed by atoms with E-state index in [1.807, 2.05) is 97.9 Å². The minimum atomic E-state index is -0.297. The van der Waals surface area contributed by atoms with E-state index in [1.165, 1.54) is 0 Å². The Bertz CT molecular complexity index is 931. The molecule has 2 amide bonds. The summed E-state index contributed by atoms with van der Waals surface area (Å²) in [7, 11) is 0. The van der Waals surface area contributed by atoms with E-state index in [-0.39, 0.29) is 24.7 Å². The highest BCUT2D eigenvalue weighted by molar-refractivity contribution is 6.02. The zero-order valence-corrected chi connectivity index (χ0v) is 16.3. The van der Waals surface area contributed by atoms with Crippen molar-refractivity contribution >= 4 is 28.9 Å². The third kappa shape index (κ3) is 5.62. The maximum absolute atomic E-state index is 12.9. The molecule has 0 unspecified atom stereocenters. The predicted molar refractivity (Wildman–Crippen MR) is 116 cm³/mol. The molecule has 1 N–H and O–H groups in total. The van der Waals surface area contributed by atoms with Gasteiger partial charge in [-0.15, -0.1) is 0 Å². The molecule has 0 bridgehead atoms. The molecule has 5 nitrogen and oxygen atoms in total. The highest BCUT2D eigenvalue weighted by Gasteiger charge is 2.18. The third-order valence-electron chi connectivity index (χ3n) is 4.38. The average Bonchev–Trinajstić information content (AvgIpc) is 2.78. The Labute approximate surface area is 170 Å². The molecular formula is C24H23N3O2. The number of amides is 2. The minimum Gasteiger partial charge on any atom is -0.281 e. The fraction of sp³-hybridized carbons (Fsp3) is 0.125. The summed E-state index contributed by atoms with van der Waals surface area (Å²) in [6.45, 7) is 1.83. The molecule has 0 fully saturated rings. The lowest BCUT2D eigenvalue weighted by Gasteiger charge is -2.23. The van der Waals surface area contributed by atoms with E-state index in [9.17, 15) is 9.59 Å². The smallest absolute Gasteiger partial charge is 0.240 e. The van der Waals surface area contributed by atoms with Gasteiger partial charge >= 0.3 is 0 Å². The van der Waals surface area contributed by atoms with Crippen molar-refractivity contribution in [2.45, 2.75) is 19.8 Å². The van der Waals surface area contributed by atoms with E-state index in [1.54, 1.807) is 4.90 Å². The van der Waals surface area contributed by atoms with E-state index in [2.05, 4.69) is 10.5 Å². The van der Waals surface area contributed by atoms with Gasteiger partial charge in [0.25, 0.3) is 0 Å². The normalized spacial score (nSPS) is 11.0. The van der Waals surface area contributed by atoms with Crippen molar-refractivity contribution in [3.8, 4) is 0 Å². The van der Waals surface area contributed by atoms with Crippen LogP contribution in [-0.2, 0) is 9.59 Å². The van der Waals surface area contributed by atoms with Crippen molar-refractivity contribution in [3.05, 3.63) is 96.6 Å². The van der Waals surface area contributed by atoms with Gasteiger partial charge in [-0.2, -0.15) is 5.10 Å². The molecule has 3 aromatic rings. The van der Waals surface area contributed by atoms with Gasteiger partial charge in [0, 0.05) is 24.2 Å². The number of hydrogen-bond acceptors (Lipinski definition) is 3. The molecule has 3 rings (SSSR count). The highest BCUT2D eigenvalue weighted by Crippen LogP contribution is 2.26. The summed E-state index contributed by atoms with van der Waals surface area (Å²) in [5.41, 5.74) is 5.71. The molecule has 0 spiro atoms. The van der Waals surface area contributed by atoms with Crippen molar-refractivity contribution in [2.24, 2.45) is 5.10 Å². The summed E-state index contributed by atoms with van der Waals surface area (Å²) in [6.07, 6.45) is 0.135. The number of para-hydroxylation sites is 2. The van der Waals surface area contributed by atoms with Gasteiger partial charge in [0.1, 0.15) is 0 Å². The van der Waals surface area contributed by atoms with Crippen LogP contribution in [-0.4, -0.2) is 17.5 Å². The summed E-state index contributed by atoms with van der Waals surface area (Å²) in [5.74, 6) is -0.448. The maximum Gasteiger partial charge on any atom is 0.240 e. The van der Waals surface area contributed by atoms with Crippen LogP contribution in [0.5, 0.6) is 0 Å². The number of carbonyl (C=O) groups excluding carboxylic acids is 2. The first-order chi connectivity index (χ1) is 14.1. The van der Waals surface area contributed by atoms with Crippen LogP contribution in [0.3, 0.4) is 0 Å². The van der Waals surface area contributed by atoms with E-state index >= 15 is 0 Å². The number of hydrogen-bond donors (Lipinski definition) is 1. The topological polar surface area (TPSA) is 61.8 Å². The Morgan fingerprint density at radius 1 is 0.759 bits per heavy atom. The Balaban J connectivity index is 1.64. The molecule has 0 aromatic heterocycles. The van der Waals surface area contributed by atoms with E-state index < -0.39 is 0 Å². The van der Waals surface area contributed by atoms with Gasteiger partial charge in [-0.3, -0.25) is 14.5 Å². The molecule has 0 aliphatic rings. The summed E-state index contributed by atoms with van der Waals surface area (Å²) in [5, 5.41) is 4.13. The lowest BCUT2D eigenvalue weighted by atomic mass is 10.1. The van der Waals surface area contributed by atoms with Crippen LogP contribution in [0.1, 0.15) is 25.3 Å². The number of benzene rings is 3. The fourth-order valence-corrected chi connectivity index (χ4v) is 2.87. The molecule has 0 radical (unpaired) electrons. The molecule has 0 atom stereocenters. The van der Waals surface area contributed by atoms with Crippen molar-refractivity contribution < 1.29 is 9.59 Å². The monoisotopic (exact) mass is 385 g/mol. The maximum atomic E-state index is 12.9. The number of nitrogens with one attached hydrogen (secondary N) is 1. The van der Waals surface area contributed by atoms with Gasteiger partial charge in [0.15, 0.2) is 0 Å². The first-order valence-electron chi connectivity index (χ1n) is 9.47. The molecule has 0 aliphatic heterocycles. The molecule has 0 saturated heterocycles. The number of hydrazone groups is 1. The predicted octanol–water partition coefficient (Wildman–Crippen LogP) is 4.67. The van der Waals surface area contributed by atoms with Gasteiger partial charge in [-0.1, -0.05) is 66.7 Å². The molecule has 0 aliphatic carbocycles. The van der Waals surface area contributed by atoms with Crippen LogP contribution in [0, 0.1) is 0 Å². The largest absolute Gasteiger partial charge is 0.281 e.